The topological polar surface area (TPSA) is 40.6 Å². The Hall–Kier alpha value is -2.99. The van der Waals surface area contributed by atoms with Gasteiger partial charge in [0.25, 0.3) is 0 Å². The van der Waals surface area contributed by atoms with Crippen LogP contribution in [0, 0.1) is 11.6 Å². The summed E-state index contributed by atoms with van der Waals surface area (Å²) in [5.41, 5.74) is 0.755. The second-order valence-electron chi connectivity index (χ2n) is 6.06. The Balaban J connectivity index is 1.61. The van der Waals surface area contributed by atoms with Gasteiger partial charge in [0.15, 0.2) is 6.79 Å². The van der Waals surface area contributed by atoms with E-state index in [4.69, 9.17) is 14.2 Å². The highest BCUT2D eigenvalue weighted by atomic mass is 19.1. The maximum absolute atomic E-state index is 14.4. The van der Waals surface area contributed by atoms with Gasteiger partial charge < -0.3 is 14.2 Å². The Kier molecular flexibility index (Phi) is 6.92. The number of rotatable bonds is 9. The van der Waals surface area contributed by atoms with Crippen molar-refractivity contribution in [3.05, 3.63) is 78.0 Å². The fourth-order valence-electron chi connectivity index (χ4n) is 2.52. The van der Waals surface area contributed by atoms with E-state index in [0.717, 1.165) is 6.42 Å². The lowest BCUT2D eigenvalue weighted by Crippen LogP contribution is -2.04. The van der Waals surface area contributed by atoms with E-state index in [1.54, 1.807) is 48.7 Å². The number of halogens is 2. The summed E-state index contributed by atoms with van der Waals surface area (Å²) in [6.45, 7) is 2.61. The lowest BCUT2D eigenvalue weighted by Gasteiger charge is -2.11. The molecule has 0 amide bonds. The largest absolute Gasteiger partial charge is 0.489 e. The second kappa shape index (κ2) is 9.80. The van der Waals surface area contributed by atoms with Crippen molar-refractivity contribution < 1.29 is 23.0 Å². The molecule has 3 rings (SSSR count). The van der Waals surface area contributed by atoms with E-state index < -0.39 is 11.6 Å². The molecule has 0 aliphatic heterocycles. The fraction of sp³-hybridized carbons (Fsp3) is 0.227. The second-order valence-corrected chi connectivity index (χ2v) is 6.06. The van der Waals surface area contributed by atoms with E-state index >= 15 is 0 Å². The molecule has 2 aromatic carbocycles. The molecule has 0 aliphatic rings. The number of pyridine rings is 1. The van der Waals surface area contributed by atoms with Crippen molar-refractivity contribution >= 4 is 0 Å². The van der Waals surface area contributed by atoms with Crippen LogP contribution in [0.15, 0.2) is 60.8 Å². The minimum atomic E-state index is -0.673. The third-order valence-corrected chi connectivity index (χ3v) is 3.97. The highest BCUT2D eigenvalue weighted by molar-refractivity contribution is 5.59. The van der Waals surface area contributed by atoms with Crippen molar-refractivity contribution in [2.45, 2.75) is 20.0 Å². The molecule has 3 aromatic rings. The molecule has 1 heterocycles. The molecule has 0 bridgehead atoms. The molecule has 0 saturated carbocycles. The lowest BCUT2D eigenvalue weighted by molar-refractivity contribution is 0.0156. The number of nitrogens with zero attached hydrogens (tertiary/aromatic N) is 1. The van der Waals surface area contributed by atoms with E-state index in [2.05, 4.69) is 4.98 Å². The number of ether oxygens (including phenoxy) is 3. The van der Waals surface area contributed by atoms with Gasteiger partial charge in [-0.05, 0) is 55.0 Å². The third-order valence-electron chi connectivity index (χ3n) is 3.97. The normalized spacial score (nSPS) is 10.7. The highest BCUT2D eigenvalue weighted by Crippen LogP contribution is 2.25. The Labute approximate surface area is 162 Å². The van der Waals surface area contributed by atoms with Gasteiger partial charge in [0.1, 0.15) is 29.7 Å². The third kappa shape index (κ3) is 5.27. The first kappa shape index (κ1) is 19.8. The van der Waals surface area contributed by atoms with Crippen LogP contribution in [0.3, 0.4) is 0 Å². The van der Waals surface area contributed by atoms with Crippen molar-refractivity contribution in [3.63, 3.8) is 0 Å². The van der Waals surface area contributed by atoms with Crippen LogP contribution < -0.4 is 9.47 Å². The van der Waals surface area contributed by atoms with Gasteiger partial charge in [-0.25, -0.2) is 8.78 Å². The molecule has 0 fully saturated rings. The van der Waals surface area contributed by atoms with Gasteiger partial charge in [-0.2, -0.15) is 0 Å². The van der Waals surface area contributed by atoms with Crippen LogP contribution in [0.2, 0.25) is 0 Å². The predicted octanol–water partition coefficient (Wildman–Crippen LogP) is 5.37. The summed E-state index contributed by atoms with van der Waals surface area (Å²) in [5, 5.41) is 0. The van der Waals surface area contributed by atoms with E-state index in [1.807, 2.05) is 6.92 Å². The zero-order valence-corrected chi connectivity index (χ0v) is 15.5. The number of aromatic nitrogens is 1. The van der Waals surface area contributed by atoms with Crippen molar-refractivity contribution in [3.8, 4) is 22.8 Å². The summed E-state index contributed by atoms with van der Waals surface area (Å²) < 4.78 is 44.9. The van der Waals surface area contributed by atoms with Gasteiger partial charge in [-0.15, -0.1) is 0 Å². The average Bonchev–Trinajstić information content (AvgIpc) is 2.72. The zero-order chi connectivity index (χ0) is 19.8. The molecule has 0 saturated heterocycles. The number of hydrogen-bond donors (Lipinski definition) is 0. The smallest absolute Gasteiger partial charge is 0.189 e. The first-order chi connectivity index (χ1) is 13.7. The summed E-state index contributed by atoms with van der Waals surface area (Å²) in [4.78, 5) is 4.11. The van der Waals surface area contributed by atoms with Crippen molar-refractivity contribution in [2.75, 3.05) is 13.4 Å². The van der Waals surface area contributed by atoms with Crippen LogP contribution in [0.5, 0.6) is 11.5 Å². The minimum Gasteiger partial charge on any atom is -0.489 e. The van der Waals surface area contributed by atoms with Gasteiger partial charge >= 0.3 is 0 Å². The van der Waals surface area contributed by atoms with Gasteiger partial charge in [0.05, 0.1) is 17.9 Å². The first-order valence-electron chi connectivity index (χ1n) is 9.00. The van der Waals surface area contributed by atoms with Crippen LogP contribution in [0.1, 0.15) is 18.9 Å². The van der Waals surface area contributed by atoms with E-state index in [1.165, 1.54) is 12.1 Å². The Morgan fingerprint density at radius 3 is 2.18 bits per heavy atom. The highest BCUT2D eigenvalue weighted by Gasteiger charge is 2.13. The molecule has 0 unspecified atom stereocenters. The summed E-state index contributed by atoms with van der Waals surface area (Å²) in [6.07, 6.45) is 2.50. The van der Waals surface area contributed by atoms with Crippen molar-refractivity contribution in [1.29, 1.82) is 0 Å². The molecule has 146 valence electrons. The predicted molar refractivity (Wildman–Crippen MR) is 102 cm³/mol. The Morgan fingerprint density at radius 1 is 0.893 bits per heavy atom. The maximum atomic E-state index is 14.4. The average molecular weight is 385 g/mol. The molecule has 6 heteroatoms. The lowest BCUT2D eigenvalue weighted by atomic mass is 10.1. The van der Waals surface area contributed by atoms with Gasteiger partial charge in [0, 0.05) is 11.8 Å². The van der Waals surface area contributed by atoms with Crippen LogP contribution in [-0.4, -0.2) is 18.4 Å². The van der Waals surface area contributed by atoms with E-state index in [0.29, 0.717) is 29.4 Å². The minimum absolute atomic E-state index is 0.132. The monoisotopic (exact) mass is 385 g/mol. The van der Waals surface area contributed by atoms with Crippen molar-refractivity contribution in [1.82, 2.24) is 4.98 Å². The molecule has 1 aromatic heterocycles. The van der Waals surface area contributed by atoms with E-state index in [9.17, 15) is 8.78 Å². The number of benzene rings is 2. The SMILES string of the molecule is CCCOCOc1ccc(OCc2c(F)cc(-c3ccccn3)cc2F)cc1. The fourth-order valence-corrected chi connectivity index (χ4v) is 2.52. The molecular weight excluding hydrogens is 364 g/mol. The Morgan fingerprint density at radius 2 is 1.57 bits per heavy atom. The molecule has 0 spiro atoms. The summed E-state index contributed by atoms with van der Waals surface area (Å²) in [5.74, 6) is -0.239. The molecule has 28 heavy (non-hydrogen) atoms. The summed E-state index contributed by atoms with van der Waals surface area (Å²) in [7, 11) is 0. The Bertz CT molecular complexity index is 863. The molecule has 0 atom stereocenters. The van der Waals surface area contributed by atoms with Gasteiger partial charge in [-0.3, -0.25) is 4.98 Å². The molecule has 0 N–H and O–H groups in total. The van der Waals surface area contributed by atoms with Crippen LogP contribution in [0.4, 0.5) is 8.78 Å². The molecular formula is C22H21F2NO3. The zero-order valence-electron chi connectivity index (χ0n) is 15.5. The maximum Gasteiger partial charge on any atom is 0.189 e. The summed E-state index contributed by atoms with van der Waals surface area (Å²) >= 11 is 0. The van der Waals surface area contributed by atoms with Gasteiger partial charge in [-0.1, -0.05) is 13.0 Å². The van der Waals surface area contributed by atoms with Crippen LogP contribution >= 0.6 is 0 Å². The summed E-state index contributed by atoms with van der Waals surface area (Å²) in [6, 6.07) is 14.5. The molecule has 4 nitrogen and oxygen atoms in total. The van der Waals surface area contributed by atoms with Crippen molar-refractivity contribution in [2.24, 2.45) is 0 Å². The molecule has 0 radical (unpaired) electrons. The van der Waals surface area contributed by atoms with Crippen LogP contribution in [-0.2, 0) is 11.3 Å². The van der Waals surface area contributed by atoms with Crippen LogP contribution in [0.25, 0.3) is 11.3 Å². The standard InChI is InChI=1S/C22H21F2NO3/c1-2-11-26-15-28-18-8-6-17(7-9-18)27-14-19-20(23)12-16(13-21(19)24)22-5-3-4-10-25-22/h3-10,12-13H,2,11,14-15H2,1H3. The first-order valence-corrected chi connectivity index (χ1v) is 9.00. The van der Waals surface area contributed by atoms with Gasteiger partial charge in [0.2, 0.25) is 0 Å². The van der Waals surface area contributed by atoms with E-state index in [-0.39, 0.29) is 19.0 Å². The quantitative estimate of drug-likeness (QED) is 0.367. The number of hydrogen-bond acceptors (Lipinski definition) is 4. The molecule has 0 aliphatic carbocycles.